The lowest BCUT2D eigenvalue weighted by atomic mass is 9.79. The molecule has 2 heteroatoms. The molecule has 0 N–H and O–H groups in total. The molecule has 1 fully saturated rings. The van der Waals surface area contributed by atoms with Crippen LogP contribution in [0.3, 0.4) is 0 Å². The van der Waals surface area contributed by atoms with Crippen molar-refractivity contribution in [3.8, 4) is 0 Å². The van der Waals surface area contributed by atoms with Crippen LogP contribution in [0.15, 0.2) is 36.7 Å². The Balaban J connectivity index is 1.43. The number of benzene rings is 1. The summed E-state index contributed by atoms with van der Waals surface area (Å²) in [5, 5.41) is 0. The van der Waals surface area contributed by atoms with Gasteiger partial charge < -0.3 is 0 Å². The fourth-order valence-corrected chi connectivity index (χ4v) is 4.55. The summed E-state index contributed by atoms with van der Waals surface area (Å²) < 4.78 is 0. The summed E-state index contributed by atoms with van der Waals surface area (Å²) in [4.78, 5) is 9.48. The molecule has 0 radical (unpaired) electrons. The van der Waals surface area contributed by atoms with Crippen LogP contribution in [0.25, 0.3) is 0 Å². The second kappa shape index (κ2) is 11.3. The van der Waals surface area contributed by atoms with Crippen molar-refractivity contribution in [2.75, 3.05) is 0 Å². The molecule has 0 aliphatic heterocycles. The molecule has 152 valence electrons. The molecule has 0 saturated heterocycles. The maximum absolute atomic E-state index is 4.74. The van der Waals surface area contributed by atoms with Gasteiger partial charge in [-0.1, -0.05) is 70.2 Å². The zero-order chi connectivity index (χ0) is 19.6. The zero-order valence-corrected chi connectivity index (χ0v) is 18.0. The first-order chi connectivity index (χ1) is 13.8. The minimum atomic E-state index is 0.586. The van der Waals surface area contributed by atoms with Crippen molar-refractivity contribution in [3.05, 3.63) is 59.2 Å². The number of hydrogen-bond donors (Lipinski definition) is 0. The molecule has 3 rings (SSSR count). The smallest absolute Gasteiger partial charge is 0.131 e. The minimum absolute atomic E-state index is 0.586. The quantitative estimate of drug-likeness (QED) is 0.413. The van der Waals surface area contributed by atoms with E-state index in [0.717, 1.165) is 24.6 Å². The molecule has 0 unspecified atom stereocenters. The summed E-state index contributed by atoms with van der Waals surface area (Å²) in [6.07, 6.45) is 19.5. The second-order valence-corrected chi connectivity index (χ2v) is 8.73. The number of hydrogen-bond acceptors (Lipinski definition) is 2. The third-order valence-electron chi connectivity index (χ3n) is 6.42. The number of aryl methyl sites for hydroxylation is 3. The zero-order valence-electron chi connectivity index (χ0n) is 18.0. The van der Waals surface area contributed by atoms with Crippen molar-refractivity contribution in [1.29, 1.82) is 0 Å². The highest BCUT2D eigenvalue weighted by Crippen LogP contribution is 2.36. The van der Waals surface area contributed by atoms with E-state index in [1.165, 1.54) is 80.9 Å². The number of unbranched alkanes of at least 4 members (excludes halogenated alkanes) is 2. The van der Waals surface area contributed by atoms with E-state index in [4.69, 9.17) is 9.97 Å². The average molecular weight is 379 g/mol. The first-order valence-corrected chi connectivity index (χ1v) is 11.7. The van der Waals surface area contributed by atoms with Gasteiger partial charge in [0.05, 0.1) is 0 Å². The van der Waals surface area contributed by atoms with Gasteiger partial charge in [-0.05, 0) is 67.6 Å². The monoisotopic (exact) mass is 378 g/mol. The van der Waals surface area contributed by atoms with Crippen molar-refractivity contribution >= 4 is 0 Å². The Hall–Kier alpha value is -1.70. The summed E-state index contributed by atoms with van der Waals surface area (Å²) in [5.41, 5.74) is 4.11. The number of rotatable bonds is 10. The predicted octanol–water partition coefficient (Wildman–Crippen LogP) is 7.07. The van der Waals surface area contributed by atoms with Crippen molar-refractivity contribution < 1.29 is 0 Å². The van der Waals surface area contributed by atoms with Crippen LogP contribution in [0.4, 0.5) is 0 Å². The third-order valence-corrected chi connectivity index (χ3v) is 6.42. The fraction of sp³-hybridized carbons (Fsp3) is 0.615. The van der Waals surface area contributed by atoms with Gasteiger partial charge in [-0.25, -0.2) is 9.97 Å². The summed E-state index contributed by atoms with van der Waals surface area (Å²) in [5.74, 6) is 2.62. The van der Waals surface area contributed by atoms with Gasteiger partial charge in [-0.3, -0.25) is 0 Å². The van der Waals surface area contributed by atoms with E-state index in [2.05, 4.69) is 50.5 Å². The van der Waals surface area contributed by atoms with E-state index < -0.39 is 0 Å². The standard InChI is InChI=1S/C26H38N2/c1-3-5-6-8-22-15-17-25(18-16-22)26-27-19-24(20-28-26)14-13-23-11-9-21(7-4-2)10-12-23/h9-12,19-20,22,25H,3-8,13-18H2,1-2H3/t22-,25-. The van der Waals surface area contributed by atoms with Crippen LogP contribution < -0.4 is 0 Å². The van der Waals surface area contributed by atoms with Gasteiger partial charge in [0, 0.05) is 18.3 Å². The molecule has 1 aromatic carbocycles. The van der Waals surface area contributed by atoms with Crippen LogP contribution in [0.2, 0.25) is 0 Å². The van der Waals surface area contributed by atoms with Gasteiger partial charge >= 0.3 is 0 Å². The van der Waals surface area contributed by atoms with Crippen LogP contribution in [0.1, 0.15) is 100 Å². The van der Waals surface area contributed by atoms with E-state index in [9.17, 15) is 0 Å². The Kier molecular flexibility index (Phi) is 8.51. The third kappa shape index (κ3) is 6.43. The lowest BCUT2D eigenvalue weighted by Gasteiger charge is -2.27. The first-order valence-electron chi connectivity index (χ1n) is 11.7. The van der Waals surface area contributed by atoms with Crippen molar-refractivity contribution in [2.24, 2.45) is 5.92 Å². The number of nitrogens with zero attached hydrogens (tertiary/aromatic N) is 2. The molecule has 0 spiro atoms. The average Bonchev–Trinajstić information content (AvgIpc) is 2.75. The van der Waals surface area contributed by atoms with Crippen LogP contribution in [0.5, 0.6) is 0 Å². The molecule has 0 amide bonds. The van der Waals surface area contributed by atoms with Gasteiger partial charge in [0.15, 0.2) is 0 Å². The Morgan fingerprint density at radius 3 is 1.93 bits per heavy atom. The normalized spacial score (nSPS) is 19.6. The van der Waals surface area contributed by atoms with E-state index in [-0.39, 0.29) is 0 Å². The highest BCUT2D eigenvalue weighted by molar-refractivity contribution is 5.23. The Bertz CT molecular complexity index is 667. The van der Waals surface area contributed by atoms with Crippen molar-refractivity contribution in [2.45, 2.75) is 96.8 Å². The summed E-state index contributed by atoms with van der Waals surface area (Å²) in [7, 11) is 0. The van der Waals surface area contributed by atoms with Gasteiger partial charge in [-0.2, -0.15) is 0 Å². The van der Waals surface area contributed by atoms with Crippen LogP contribution in [-0.2, 0) is 19.3 Å². The summed E-state index contributed by atoms with van der Waals surface area (Å²) >= 11 is 0. The second-order valence-electron chi connectivity index (χ2n) is 8.73. The summed E-state index contributed by atoms with van der Waals surface area (Å²) in [6, 6.07) is 9.10. The highest BCUT2D eigenvalue weighted by atomic mass is 14.9. The Morgan fingerprint density at radius 1 is 0.714 bits per heavy atom. The first kappa shape index (κ1) is 21.0. The fourth-order valence-electron chi connectivity index (χ4n) is 4.55. The van der Waals surface area contributed by atoms with Crippen molar-refractivity contribution in [3.63, 3.8) is 0 Å². The van der Waals surface area contributed by atoms with E-state index >= 15 is 0 Å². The van der Waals surface area contributed by atoms with E-state index in [1.807, 2.05) is 0 Å². The van der Waals surface area contributed by atoms with Gasteiger partial charge in [0.2, 0.25) is 0 Å². The summed E-state index contributed by atoms with van der Waals surface area (Å²) in [6.45, 7) is 4.53. The minimum Gasteiger partial charge on any atom is -0.241 e. The molecule has 2 nitrogen and oxygen atoms in total. The SMILES string of the molecule is CCCCC[C@H]1CC[C@H](c2ncc(CCc3ccc(CCC)cc3)cn2)CC1. The van der Waals surface area contributed by atoms with Crippen LogP contribution >= 0.6 is 0 Å². The topological polar surface area (TPSA) is 25.8 Å². The maximum atomic E-state index is 4.74. The molecule has 1 aromatic heterocycles. The molecule has 1 aliphatic carbocycles. The van der Waals surface area contributed by atoms with Gasteiger partial charge in [0.25, 0.3) is 0 Å². The Morgan fingerprint density at radius 2 is 1.32 bits per heavy atom. The maximum Gasteiger partial charge on any atom is 0.131 e. The molecule has 1 heterocycles. The molecule has 0 bridgehead atoms. The van der Waals surface area contributed by atoms with E-state index in [0.29, 0.717) is 5.92 Å². The molecule has 0 atom stereocenters. The van der Waals surface area contributed by atoms with Gasteiger partial charge in [-0.15, -0.1) is 0 Å². The molecule has 2 aromatic rings. The highest BCUT2D eigenvalue weighted by Gasteiger charge is 2.23. The number of aromatic nitrogens is 2. The molecule has 1 saturated carbocycles. The largest absolute Gasteiger partial charge is 0.241 e. The van der Waals surface area contributed by atoms with E-state index in [1.54, 1.807) is 0 Å². The molecule has 28 heavy (non-hydrogen) atoms. The lowest BCUT2D eigenvalue weighted by molar-refractivity contribution is 0.297. The lowest BCUT2D eigenvalue weighted by Crippen LogP contribution is -2.15. The predicted molar refractivity (Wildman–Crippen MR) is 119 cm³/mol. The van der Waals surface area contributed by atoms with Crippen LogP contribution in [-0.4, -0.2) is 9.97 Å². The van der Waals surface area contributed by atoms with Gasteiger partial charge in [0.1, 0.15) is 5.82 Å². The molecule has 1 aliphatic rings. The van der Waals surface area contributed by atoms with Crippen LogP contribution in [0, 0.1) is 5.92 Å². The molecular formula is C26H38N2. The Labute approximate surface area is 172 Å². The molecular weight excluding hydrogens is 340 g/mol. The van der Waals surface area contributed by atoms with Crippen molar-refractivity contribution in [1.82, 2.24) is 9.97 Å².